The van der Waals surface area contributed by atoms with E-state index in [4.69, 9.17) is 9.47 Å². The van der Waals surface area contributed by atoms with E-state index in [1.165, 1.54) is 14.2 Å². The molecule has 0 heterocycles. The number of carbonyl (C=O) groups is 2. The van der Waals surface area contributed by atoms with Crippen molar-refractivity contribution in [1.82, 2.24) is 0 Å². The quantitative estimate of drug-likeness (QED) is 0.157. The number of hydrogen-bond acceptors (Lipinski definition) is 4. The first-order chi connectivity index (χ1) is 17.4. The predicted molar refractivity (Wildman–Crippen MR) is 150 cm³/mol. The molecule has 182 valence electrons. The smallest absolute Gasteiger partial charge is 0.338 e. The molecule has 36 heavy (non-hydrogen) atoms. The molecule has 0 spiro atoms. The van der Waals surface area contributed by atoms with Crippen molar-refractivity contribution in [1.29, 1.82) is 0 Å². The van der Waals surface area contributed by atoms with Gasteiger partial charge in [0.25, 0.3) is 0 Å². The number of methoxy groups -OCH3 is 2. The highest BCUT2D eigenvalue weighted by molar-refractivity contribution is 9.12. The lowest BCUT2D eigenvalue weighted by molar-refractivity contribution is 0.0592. The summed E-state index contributed by atoms with van der Waals surface area (Å²) in [6, 6.07) is 31.1. The lowest BCUT2D eigenvalue weighted by atomic mass is 9.95. The second-order valence-corrected chi connectivity index (χ2v) is 10.1. The second-order valence-electron chi connectivity index (χ2n) is 8.12. The first kappa shape index (κ1) is 25.9. The molecule has 0 saturated carbocycles. The maximum absolute atomic E-state index is 12.2. The monoisotopic (exact) mass is 606 g/mol. The summed E-state index contributed by atoms with van der Waals surface area (Å²) in [5, 5.41) is 0. The molecule has 4 rings (SSSR count). The molecule has 0 bridgehead atoms. The molecule has 2 atom stereocenters. The van der Waals surface area contributed by atoms with E-state index in [9.17, 15) is 9.59 Å². The minimum Gasteiger partial charge on any atom is -0.465 e. The van der Waals surface area contributed by atoms with Crippen LogP contribution in [0.5, 0.6) is 0 Å². The van der Waals surface area contributed by atoms with E-state index in [1.54, 1.807) is 12.1 Å². The van der Waals surface area contributed by atoms with Crippen molar-refractivity contribution in [2.75, 3.05) is 14.2 Å². The molecule has 6 heteroatoms. The standard InChI is InChI=1S/C30H24Br2O4/c1-35-29(33)25-9-5-3-7-23(25)19-11-15-21(16-12-19)27(31)28(32)22-17-13-20(14-18-22)24-8-4-6-10-26(24)30(34)36-2/h3-18,27-28H,1-2H3/t27-,28-/m1/s1. The third kappa shape index (κ3) is 5.45. The fraction of sp³-hybridized carbons (Fsp3) is 0.133. The van der Waals surface area contributed by atoms with Gasteiger partial charge in [0.15, 0.2) is 0 Å². The topological polar surface area (TPSA) is 52.6 Å². The Morgan fingerprint density at radius 2 is 0.889 bits per heavy atom. The molecule has 0 aromatic heterocycles. The van der Waals surface area contributed by atoms with Gasteiger partial charge in [-0.1, -0.05) is 117 Å². The maximum atomic E-state index is 12.2. The number of benzene rings is 4. The average Bonchev–Trinajstić information content (AvgIpc) is 2.95. The number of hydrogen-bond donors (Lipinski definition) is 0. The predicted octanol–water partition coefficient (Wildman–Crippen LogP) is 8.17. The van der Waals surface area contributed by atoms with Gasteiger partial charge < -0.3 is 9.47 Å². The molecule has 0 fully saturated rings. The van der Waals surface area contributed by atoms with Crippen LogP contribution < -0.4 is 0 Å². The van der Waals surface area contributed by atoms with E-state index >= 15 is 0 Å². The SMILES string of the molecule is COC(=O)c1ccccc1-c1ccc([C@@H](Br)[C@H](Br)c2ccc(-c3ccccc3C(=O)OC)cc2)cc1. The molecular weight excluding hydrogens is 584 g/mol. The highest BCUT2D eigenvalue weighted by Gasteiger charge is 2.21. The summed E-state index contributed by atoms with van der Waals surface area (Å²) >= 11 is 7.68. The maximum Gasteiger partial charge on any atom is 0.338 e. The van der Waals surface area contributed by atoms with Crippen molar-refractivity contribution in [3.05, 3.63) is 119 Å². The van der Waals surface area contributed by atoms with Crippen LogP contribution in [0.2, 0.25) is 0 Å². The number of carbonyl (C=O) groups excluding carboxylic acids is 2. The fourth-order valence-corrected chi connectivity index (χ4v) is 5.30. The molecule has 0 amide bonds. The molecule has 0 aliphatic heterocycles. The van der Waals surface area contributed by atoms with Gasteiger partial charge in [0.2, 0.25) is 0 Å². The van der Waals surface area contributed by atoms with Crippen molar-refractivity contribution in [2.45, 2.75) is 9.65 Å². The van der Waals surface area contributed by atoms with Crippen LogP contribution in [0.25, 0.3) is 22.3 Å². The minimum absolute atomic E-state index is 0.00982. The van der Waals surface area contributed by atoms with Gasteiger partial charge in [-0.15, -0.1) is 0 Å². The molecule has 0 unspecified atom stereocenters. The molecular formula is C30H24Br2O4. The highest BCUT2D eigenvalue weighted by atomic mass is 79.9. The average molecular weight is 608 g/mol. The Labute approximate surface area is 227 Å². The molecule has 4 aromatic carbocycles. The zero-order valence-corrected chi connectivity index (χ0v) is 23.0. The summed E-state index contributed by atoms with van der Waals surface area (Å²) in [7, 11) is 2.77. The van der Waals surface area contributed by atoms with E-state index in [0.29, 0.717) is 11.1 Å². The summed E-state index contributed by atoms with van der Waals surface area (Å²) < 4.78 is 9.85. The molecule has 0 aliphatic rings. The van der Waals surface area contributed by atoms with Crippen molar-refractivity contribution >= 4 is 43.8 Å². The zero-order chi connectivity index (χ0) is 25.7. The Balaban J connectivity index is 1.54. The molecule has 4 aromatic rings. The first-order valence-corrected chi connectivity index (χ1v) is 13.1. The van der Waals surface area contributed by atoms with E-state index in [0.717, 1.165) is 33.4 Å². The van der Waals surface area contributed by atoms with Crippen LogP contribution in [0, 0.1) is 0 Å². The first-order valence-electron chi connectivity index (χ1n) is 11.3. The number of esters is 2. The third-order valence-electron chi connectivity index (χ3n) is 6.00. The van der Waals surface area contributed by atoms with E-state index in [-0.39, 0.29) is 21.6 Å². The third-order valence-corrected chi connectivity index (χ3v) is 8.83. The van der Waals surface area contributed by atoms with Crippen LogP contribution in [0.3, 0.4) is 0 Å². The zero-order valence-electron chi connectivity index (χ0n) is 19.8. The highest BCUT2D eigenvalue weighted by Crippen LogP contribution is 2.43. The van der Waals surface area contributed by atoms with Gasteiger partial charge in [-0.05, 0) is 45.5 Å². The van der Waals surface area contributed by atoms with Crippen LogP contribution in [0.15, 0.2) is 97.1 Å². The summed E-state index contributed by atoms with van der Waals surface area (Å²) in [5.41, 5.74) is 6.82. The molecule has 0 N–H and O–H groups in total. The Morgan fingerprint density at radius 1 is 0.556 bits per heavy atom. The molecule has 0 radical (unpaired) electrons. The number of rotatable bonds is 7. The van der Waals surface area contributed by atoms with Crippen LogP contribution >= 0.6 is 31.9 Å². The van der Waals surface area contributed by atoms with Crippen molar-refractivity contribution < 1.29 is 19.1 Å². The van der Waals surface area contributed by atoms with Gasteiger partial charge in [-0.2, -0.15) is 0 Å². The van der Waals surface area contributed by atoms with E-state index in [2.05, 4.69) is 56.1 Å². The number of halogens is 2. The van der Waals surface area contributed by atoms with Crippen molar-refractivity contribution in [3.63, 3.8) is 0 Å². The van der Waals surface area contributed by atoms with Gasteiger partial charge in [0.05, 0.1) is 35.0 Å². The lowest BCUT2D eigenvalue weighted by Crippen LogP contribution is -2.04. The van der Waals surface area contributed by atoms with Gasteiger partial charge in [-0.25, -0.2) is 9.59 Å². The summed E-state index contributed by atoms with van der Waals surface area (Å²) in [6.07, 6.45) is 0. The summed E-state index contributed by atoms with van der Waals surface area (Å²) in [6.45, 7) is 0. The van der Waals surface area contributed by atoms with Crippen LogP contribution in [-0.4, -0.2) is 26.2 Å². The van der Waals surface area contributed by atoms with Crippen LogP contribution in [0.1, 0.15) is 41.5 Å². The van der Waals surface area contributed by atoms with Gasteiger partial charge in [-0.3, -0.25) is 0 Å². The van der Waals surface area contributed by atoms with E-state index in [1.807, 2.05) is 60.7 Å². The van der Waals surface area contributed by atoms with E-state index < -0.39 is 0 Å². The Morgan fingerprint density at radius 3 is 1.22 bits per heavy atom. The van der Waals surface area contributed by atoms with Crippen LogP contribution in [-0.2, 0) is 9.47 Å². The Bertz CT molecular complexity index is 1260. The van der Waals surface area contributed by atoms with Gasteiger partial charge in [0, 0.05) is 0 Å². The number of alkyl halides is 2. The minimum atomic E-state index is -0.355. The van der Waals surface area contributed by atoms with Gasteiger partial charge >= 0.3 is 11.9 Å². The lowest BCUT2D eigenvalue weighted by Gasteiger charge is -2.19. The summed E-state index contributed by atoms with van der Waals surface area (Å²) in [5.74, 6) is -0.711. The normalized spacial score (nSPS) is 12.4. The Kier molecular flexibility index (Phi) is 8.39. The van der Waals surface area contributed by atoms with Crippen molar-refractivity contribution in [3.8, 4) is 22.3 Å². The molecule has 4 nitrogen and oxygen atoms in total. The summed E-state index contributed by atoms with van der Waals surface area (Å²) in [4.78, 5) is 24.3. The van der Waals surface area contributed by atoms with Gasteiger partial charge in [0.1, 0.15) is 0 Å². The molecule has 0 aliphatic carbocycles. The second kappa shape index (κ2) is 11.7. The van der Waals surface area contributed by atoms with Crippen molar-refractivity contribution in [2.24, 2.45) is 0 Å². The Hall–Kier alpha value is -3.22. The van der Waals surface area contributed by atoms with Crippen LogP contribution in [0.4, 0.5) is 0 Å². The largest absolute Gasteiger partial charge is 0.465 e. The fourth-order valence-electron chi connectivity index (χ4n) is 4.08. The molecule has 0 saturated heterocycles. The number of ether oxygens (including phenoxy) is 2.